The molecular weight excluding hydrogens is 250 g/mol. The summed E-state index contributed by atoms with van der Waals surface area (Å²) in [5.41, 5.74) is 1.39. The molecule has 4 heteroatoms. The Bertz CT molecular complexity index is 630. The lowest BCUT2D eigenvalue weighted by atomic mass is 9.96. The molecule has 0 bridgehead atoms. The molecular formula is C15H16F2O2. The zero-order valence-electron chi connectivity index (χ0n) is 11.3. The first kappa shape index (κ1) is 13.7. The average Bonchev–Trinajstić information content (AvgIpc) is 2.57. The lowest BCUT2D eigenvalue weighted by Crippen LogP contribution is -2.06. The van der Waals surface area contributed by atoms with Crippen molar-refractivity contribution in [3.05, 3.63) is 57.5 Å². The van der Waals surface area contributed by atoms with Gasteiger partial charge in [-0.25, -0.2) is 8.78 Å². The molecule has 0 radical (unpaired) electrons. The summed E-state index contributed by atoms with van der Waals surface area (Å²) in [6, 6.07) is 2.13. The highest BCUT2D eigenvalue weighted by molar-refractivity contribution is 5.40. The molecule has 1 N–H and O–H groups in total. The van der Waals surface area contributed by atoms with Gasteiger partial charge in [-0.15, -0.1) is 0 Å². The summed E-state index contributed by atoms with van der Waals surface area (Å²) in [6.07, 6.45) is -1.23. The van der Waals surface area contributed by atoms with E-state index in [4.69, 9.17) is 4.42 Å². The van der Waals surface area contributed by atoms with Crippen LogP contribution in [0.2, 0.25) is 0 Å². The van der Waals surface area contributed by atoms with Crippen LogP contribution in [0.25, 0.3) is 0 Å². The predicted octanol–water partition coefficient (Wildman–Crippen LogP) is 3.87. The van der Waals surface area contributed by atoms with Crippen LogP contribution in [0.4, 0.5) is 8.78 Å². The molecule has 0 saturated heterocycles. The van der Waals surface area contributed by atoms with Gasteiger partial charge in [-0.1, -0.05) is 0 Å². The van der Waals surface area contributed by atoms with Gasteiger partial charge in [-0.3, -0.25) is 0 Å². The van der Waals surface area contributed by atoms with Crippen LogP contribution in [0.15, 0.2) is 16.5 Å². The van der Waals surface area contributed by atoms with Gasteiger partial charge in [0.2, 0.25) is 0 Å². The van der Waals surface area contributed by atoms with E-state index in [1.807, 2.05) is 0 Å². The smallest absolute Gasteiger partial charge is 0.129 e. The molecule has 1 unspecified atom stereocenters. The summed E-state index contributed by atoms with van der Waals surface area (Å²) in [7, 11) is 0. The highest BCUT2D eigenvalue weighted by atomic mass is 19.1. The predicted molar refractivity (Wildman–Crippen MR) is 68.1 cm³/mol. The fourth-order valence-corrected chi connectivity index (χ4v) is 2.24. The summed E-state index contributed by atoms with van der Waals surface area (Å²) in [4.78, 5) is 0. The standard InChI is InChI=1S/C15H16F2O2/c1-7-5-13(17)11(6-12(7)16)15(18)14-8(2)9(3)19-10(14)4/h5-6,15,18H,1-4H3. The largest absolute Gasteiger partial charge is 0.466 e. The fraction of sp³-hybridized carbons (Fsp3) is 0.333. The van der Waals surface area contributed by atoms with E-state index in [1.165, 1.54) is 6.92 Å². The van der Waals surface area contributed by atoms with Crippen LogP contribution in [0, 0.1) is 39.3 Å². The molecule has 0 aliphatic carbocycles. The summed E-state index contributed by atoms with van der Waals surface area (Å²) >= 11 is 0. The number of aliphatic hydroxyl groups is 1. The Labute approximate surface area is 110 Å². The second-order valence-corrected chi connectivity index (χ2v) is 4.78. The Hall–Kier alpha value is -1.68. The van der Waals surface area contributed by atoms with Crippen molar-refractivity contribution in [2.75, 3.05) is 0 Å². The van der Waals surface area contributed by atoms with E-state index in [0.29, 0.717) is 17.1 Å². The molecule has 0 spiro atoms. The zero-order chi connectivity index (χ0) is 14.3. The maximum atomic E-state index is 13.9. The molecule has 0 aliphatic rings. The van der Waals surface area contributed by atoms with Gasteiger partial charge >= 0.3 is 0 Å². The van der Waals surface area contributed by atoms with Crippen molar-refractivity contribution in [1.82, 2.24) is 0 Å². The van der Waals surface area contributed by atoms with Crippen LogP contribution in [0.1, 0.15) is 39.9 Å². The van der Waals surface area contributed by atoms with Gasteiger partial charge in [0, 0.05) is 11.1 Å². The lowest BCUT2D eigenvalue weighted by molar-refractivity contribution is 0.211. The number of hydrogen-bond donors (Lipinski definition) is 1. The van der Waals surface area contributed by atoms with Crippen LogP contribution < -0.4 is 0 Å². The molecule has 0 aliphatic heterocycles. The van der Waals surface area contributed by atoms with Crippen molar-refractivity contribution in [3.63, 3.8) is 0 Å². The monoisotopic (exact) mass is 266 g/mol. The minimum absolute atomic E-state index is 0.0740. The van der Waals surface area contributed by atoms with E-state index >= 15 is 0 Å². The van der Waals surface area contributed by atoms with E-state index in [0.717, 1.165) is 17.7 Å². The van der Waals surface area contributed by atoms with Gasteiger partial charge in [0.15, 0.2) is 0 Å². The lowest BCUT2D eigenvalue weighted by Gasteiger charge is -2.13. The van der Waals surface area contributed by atoms with Crippen molar-refractivity contribution in [1.29, 1.82) is 0 Å². The zero-order valence-corrected chi connectivity index (χ0v) is 11.3. The Kier molecular flexibility index (Phi) is 3.45. The quantitative estimate of drug-likeness (QED) is 0.895. The first-order valence-electron chi connectivity index (χ1n) is 6.03. The molecule has 2 rings (SSSR count). The highest BCUT2D eigenvalue weighted by Crippen LogP contribution is 2.33. The number of aliphatic hydroxyl groups excluding tert-OH is 1. The van der Waals surface area contributed by atoms with Gasteiger partial charge in [-0.2, -0.15) is 0 Å². The van der Waals surface area contributed by atoms with Crippen LogP contribution >= 0.6 is 0 Å². The molecule has 2 nitrogen and oxygen atoms in total. The maximum absolute atomic E-state index is 13.9. The minimum Gasteiger partial charge on any atom is -0.466 e. The van der Waals surface area contributed by atoms with E-state index < -0.39 is 17.7 Å². The normalized spacial score (nSPS) is 12.8. The number of furan rings is 1. The molecule has 1 heterocycles. The van der Waals surface area contributed by atoms with Gasteiger partial charge in [0.1, 0.15) is 29.3 Å². The van der Waals surface area contributed by atoms with Crippen molar-refractivity contribution in [3.8, 4) is 0 Å². The Morgan fingerprint density at radius 3 is 2.16 bits per heavy atom. The number of hydrogen-bond acceptors (Lipinski definition) is 2. The molecule has 0 saturated carbocycles. The van der Waals surface area contributed by atoms with Crippen LogP contribution in [-0.2, 0) is 0 Å². The maximum Gasteiger partial charge on any atom is 0.129 e. The van der Waals surface area contributed by atoms with E-state index in [2.05, 4.69) is 0 Å². The minimum atomic E-state index is -1.23. The Balaban J connectivity index is 2.56. The third kappa shape index (κ3) is 2.28. The van der Waals surface area contributed by atoms with E-state index in [9.17, 15) is 13.9 Å². The van der Waals surface area contributed by atoms with Crippen molar-refractivity contribution in [2.24, 2.45) is 0 Å². The molecule has 0 fully saturated rings. The van der Waals surface area contributed by atoms with Gasteiger partial charge < -0.3 is 9.52 Å². The molecule has 1 aromatic heterocycles. The van der Waals surface area contributed by atoms with E-state index in [1.54, 1.807) is 20.8 Å². The van der Waals surface area contributed by atoms with Crippen LogP contribution in [0.5, 0.6) is 0 Å². The van der Waals surface area contributed by atoms with E-state index in [-0.39, 0.29) is 11.1 Å². The summed E-state index contributed by atoms with van der Waals surface area (Å²) in [5.74, 6) is 0.0254. The molecule has 1 atom stereocenters. The Morgan fingerprint density at radius 1 is 1.00 bits per heavy atom. The third-order valence-electron chi connectivity index (χ3n) is 3.46. The number of aryl methyl sites for hydroxylation is 3. The summed E-state index contributed by atoms with van der Waals surface area (Å²) in [6.45, 7) is 6.73. The second-order valence-electron chi connectivity index (χ2n) is 4.78. The molecule has 1 aromatic carbocycles. The molecule has 2 aromatic rings. The molecule has 19 heavy (non-hydrogen) atoms. The highest BCUT2D eigenvalue weighted by Gasteiger charge is 2.24. The van der Waals surface area contributed by atoms with Gasteiger partial charge in [0.25, 0.3) is 0 Å². The first-order chi connectivity index (χ1) is 8.82. The van der Waals surface area contributed by atoms with Crippen molar-refractivity contribution >= 4 is 0 Å². The number of benzene rings is 1. The fourth-order valence-electron chi connectivity index (χ4n) is 2.24. The van der Waals surface area contributed by atoms with Crippen LogP contribution in [0.3, 0.4) is 0 Å². The topological polar surface area (TPSA) is 33.4 Å². The van der Waals surface area contributed by atoms with Gasteiger partial charge in [0.05, 0.1) is 0 Å². The van der Waals surface area contributed by atoms with Crippen molar-refractivity contribution < 1.29 is 18.3 Å². The average molecular weight is 266 g/mol. The summed E-state index contributed by atoms with van der Waals surface area (Å²) in [5, 5.41) is 10.3. The third-order valence-corrected chi connectivity index (χ3v) is 3.46. The SMILES string of the molecule is Cc1cc(F)c(C(O)c2c(C)oc(C)c2C)cc1F. The Morgan fingerprint density at radius 2 is 1.63 bits per heavy atom. The van der Waals surface area contributed by atoms with Crippen LogP contribution in [-0.4, -0.2) is 5.11 Å². The van der Waals surface area contributed by atoms with Gasteiger partial charge in [-0.05, 0) is 51.0 Å². The molecule has 0 amide bonds. The number of halogens is 2. The first-order valence-corrected chi connectivity index (χ1v) is 6.03. The number of rotatable bonds is 2. The molecule has 102 valence electrons. The summed E-state index contributed by atoms with van der Waals surface area (Å²) < 4.78 is 32.8. The second kappa shape index (κ2) is 4.78. The van der Waals surface area contributed by atoms with Crippen molar-refractivity contribution in [2.45, 2.75) is 33.8 Å².